The van der Waals surface area contributed by atoms with Crippen molar-refractivity contribution in [2.75, 3.05) is 4.90 Å². The number of rotatable bonds is 9. The zero-order valence-electron chi connectivity index (χ0n) is 15.4. The summed E-state index contributed by atoms with van der Waals surface area (Å²) in [5.74, 6) is -0.0604. The van der Waals surface area contributed by atoms with Crippen molar-refractivity contribution in [3.63, 3.8) is 0 Å². The van der Waals surface area contributed by atoms with Crippen LogP contribution in [0.3, 0.4) is 0 Å². The molecule has 2 nitrogen and oxygen atoms in total. The molecule has 0 spiro atoms. The van der Waals surface area contributed by atoms with Gasteiger partial charge in [-0.15, -0.1) is 0 Å². The first kappa shape index (κ1) is 19.7. The first-order chi connectivity index (χ1) is 11.0. The van der Waals surface area contributed by atoms with Gasteiger partial charge in [0.15, 0.2) is 0 Å². The van der Waals surface area contributed by atoms with Gasteiger partial charge in [-0.1, -0.05) is 47.0 Å². The summed E-state index contributed by atoms with van der Waals surface area (Å²) in [6, 6.07) is 5.21. The summed E-state index contributed by atoms with van der Waals surface area (Å²) in [6.45, 7) is 10.2. The van der Waals surface area contributed by atoms with Crippen molar-refractivity contribution in [2.45, 2.75) is 79.2 Å². The molecule has 0 aromatic heterocycles. The molecule has 0 aliphatic rings. The second kappa shape index (κ2) is 9.69. The average molecular weight is 321 g/mol. The molecular formula is C20H32FNO. The fraction of sp³-hybridized carbons (Fsp3) is 0.650. The van der Waals surface area contributed by atoms with Gasteiger partial charge in [0.2, 0.25) is 5.91 Å². The molecule has 1 aromatic carbocycles. The monoisotopic (exact) mass is 321 g/mol. The summed E-state index contributed by atoms with van der Waals surface area (Å²) < 4.78 is 13.8. The minimum absolute atomic E-state index is 0.0150. The van der Waals surface area contributed by atoms with Gasteiger partial charge >= 0.3 is 0 Å². The Labute approximate surface area is 141 Å². The summed E-state index contributed by atoms with van der Waals surface area (Å²) in [5.41, 5.74) is 1.50. The molecule has 0 aliphatic carbocycles. The van der Waals surface area contributed by atoms with E-state index in [4.69, 9.17) is 0 Å². The van der Waals surface area contributed by atoms with Crippen LogP contribution in [0, 0.1) is 11.7 Å². The van der Waals surface area contributed by atoms with Gasteiger partial charge in [-0.05, 0) is 49.9 Å². The smallest absolute Gasteiger partial charge is 0.230 e. The predicted octanol–water partition coefficient (Wildman–Crippen LogP) is 5.74. The van der Waals surface area contributed by atoms with Crippen LogP contribution in [0.25, 0.3) is 0 Å². The summed E-state index contributed by atoms with van der Waals surface area (Å²) in [6.07, 6.45) is 5.90. The maximum Gasteiger partial charge on any atom is 0.230 e. The van der Waals surface area contributed by atoms with Gasteiger partial charge in [0, 0.05) is 17.6 Å². The van der Waals surface area contributed by atoms with E-state index in [1.165, 1.54) is 18.9 Å². The van der Waals surface area contributed by atoms with Gasteiger partial charge in [0.1, 0.15) is 5.82 Å². The quantitative estimate of drug-likeness (QED) is 0.531. The Hall–Kier alpha value is -1.38. The number of unbranched alkanes of at least 4 members (excludes halogenated alkanes) is 2. The Balaban J connectivity index is 3.10. The van der Waals surface area contributed by atoms with Crippen molar-refractivity contribution < 1.29 is 9.18 Å². The average Bonchev–Trinajstić information content (AvgIpc) is 2.55. The molecule has 1 aromatic rings. The van der Waals surface area contributed by atoms with Crippen LogP contribution in [0.15, 0.2) is 18.2 Å². The molecule has 0 saturated heterocycles. The number of benzene rings is 1. The molecule has 0 heterocycles. The van der Waals surface area contributed by atoms with Crippen molar-refractivity contribution >= 4 is 11.6 Å². The number of hydrogen-bond acceptors (Lipinski definition) is 1. The summed E-state index contributed by atoms with van der Waals surface area (Å²) in [4.78, 5) is 14.8. The molecule has 0 bridgehead atoms. The number of nitrogens with zero attached hydrogens (tertiary/aromatic N) is 1. The molecule has 130 valence electrons. The Morgan fingerprint density at radius 3 is 2.43 bits per heavy atom. The second-order valence-electron chi connectivity index (χ2n) is 6.49. The van der Waals surface area contributed by atoms with Crippen LogP contribution in [-0.2, 0) is 11.2 Å². The van der Waals surface area contributed by atoms with Gasteiger partial charge < -0.3 is 4.90 Å². The topological polar surface area (TPSA) is 20.3 Å². The Morgan fingerprint density at radius 1 is 1.17 bits per heavy atom. The number of amides is 1. The number of halogens is 1. The second-order valence-corrected chi connectivity index (χ2v) is 6.49. The highest BCUT2D eigenvalue weighted by Gasteiger charge is 2.25. The van der Waals surface area contributed by atoms with Crippen LogP contribution in [0.4, 0.5) is 10.1 Å². The van der Waals surface area contributed by atoms with Crippen molar-refractivity contribution in [2.24, 2.45) is 5.92 Å². The third kappa shape index (κ3) is 5.33. The molecule has 2 atom stereocenters. The van der Waals surface area contributed by atoms with Gasteiger partial charge in [-0.25, -0.2) is 4.39 Å². The van der Waals surface area contributed by atoms with Crippen LogP contribution in [0.5, 0.6) is 0 Å². The van der Waals surface area contributed by atoms with Crippen molar-refractivity contribution in [1.82, 2.24) is 0 Å². The molecule has 2 unspecified atom stereocenters. The van der Waals surface area contributed by atoms with E-state index in [1.807, 2.05) is 31.7 Å². The Bertz CT molecular complexity index is 500. The van der Waals surface area contributed by atoms with Crippen LogP contribution in [0.1, 0.15) is 72.3 Å². The molecule has 3 heteroatoms. The fourth-order valence-electron chi connectivity index (χ4n) is 2.81. The highest BCUT2D eigenvalue weighted by atomic mass is 19.1. The summed E-state index contributed by atoms with van der Waals surface area (Å²) in [7, 11) is 0. The first-order valence-electron chi connectivity index (χ1n) is 9.07. The first-order valence-corrected chi connectivity index (χ1v) is 9.07. The van der Waals surface area contributed by atoms with E-state index >= 15 is 0 Å². The highest BCUT2D eigenvalue weighted by Crippen LogP contribution is 2.26. The predicted molar refractivity (Wildman–Crippen MR) is 96.3 cm³/mol. The Kier molecular flexibility index (Phi) is 8.29. The highest BCUT2D eigenvalue weighted by molar-refractivity contribution is 5.95. The molecule has 0 saturated carbocycles. The van der Waals surface area contributed by atoms with Crippen LogP contribution < -0.4 is 4.90 Å². The van der Waals surface area contributed by atoms with Gasteiger partial charge in [-0.2, -0.15) is 0 Å². The molecule has 1 amide bonds. The Morgan fingerprint density at radius 2 is 1.87 bits per heavy atom. The van der Waals surface area contributed by atoms with E-state index in [0.29, 0.717) is 12.0 Å². The fourth-order valence-corrected chi connectivity index (χ4v) is 2.81. The third-order valence-electron chi connectivity index (χ3n) is 4.63. The van der Waals surface area contributed by atoms with E-state index in [-0.39, 0.29) is 23.7 Å². The molecule has 23 heavy (non-hydrogen) atoms. The number of carbonyl (C=O) groups is 1. The largest absolute Gasteiger partial charge is 0.309 e. The minimum Gasteiger partial charge on any atom is -0.309 e. The summed E-state index contributed by atoms with van der Waals surface area (Å²) in [5, 5.41) is 0. The molecule has 0 aliphatic heterocycles. The molecule has 0 N–H and O–H groups in total. The number of carbonyl (C=O) groups excluding carboxylic acids is 1. The molecular weight excluding hydrogens is 289 g/mol. The standard InChI is InChI=1S/C20H32FNO/c1-6-9-10-11-16(5)22(20(23)15(4)7-2)18-12-13-19(21)17(8-3)14-18/h12-16H,6-11H2,1-5H3. The maximum atomic E-state index is 13.8. The molecule has 0 fully saturated rings. The summed E-state index contributed by atoms with van der Waals surface area (Å²) >= 11 is 0. The molecule has 1 rings (SSSR count). The third-order valence-corrected chi connectivity index (χ3v) is 4.63. The zero-order chi connectivity index (χ0) is 17.4. The van der Waals surface area contributed by atoms with Crippen LogP contribution >= 0.6 is 0 Å². The van der Waals surface area contributed by atoms with Crippen molar-refractivity contribution in [3.05, 3.63) is 29.6 Å². The van der Waals surface area contributed by atoms with Crippen molar-refractivity contribution in [3.8, 4) is 0 Å². The lowest BCUT2D eigenvalue weighted by atomic mass is 10.0. The normalized spacial score (nSPS) is 13.7. The SMILES string of the molecule is CCCCCC(C)N(C(=O)C(C)CC)c1ccc(F)c(CC)c1. The zero-order valence-corrected chi connectivity index (χ0v) is 15.4. The van der Waals surface area contributed by atoms with Crippen molar-refractivity contribution in [1.29, 1.82) is 0 Å². The number of aryl methyl sites for hydroxylation is 1. The van der Waals surface area contributed by atoms with Gasteiger partial charge in [-0.3, -0.25) is 4.79 Å². The lowest BCUT2D eigenvalue weighted by Crippen LogP contribution is -2.42. The van der Waals surface area contributed by atoms with E-state index in [2.05, 4.69) is 13.8 Å². The minimum atomic E-state index is -0.189. The number of anilines is 1. The van der Waals surface area contributed by atoms with E-state index in [1.54, 1.807) is 6.07 Å². The van der Waals surface area contributed by atoms with Gasteiger partial charge in [0.25, 0.3) is 0 Å². The van der Waals surface area contributed by atoms with Crippen LogP contribution in [0.2, 0.25) is 0 Å². The van der Waals surface area contributed by atoms with E-state index < -0.39 is 0 Å². The lowest BCUT2D eigenvalue weighted by molar-refractivity contribution is -0.122. The molecule has 0 radical (unpaired) electrons. The maximum absolute atomic E-state index is 13.8. The van der Waals surface area contributed by atoms with E-state index in [9.17, 15) is 9.18 Å². The van der Waals surface area contributed by atoms with Crippen LogP contribution in [-0.4, -0.2) is 11.9 Å². The lowest BCUT2D eigenvalue weighted by Gasteiger charge is -2.32. The van der Waals surface area contributed by atoms with E-state index in [0.717, 1.165) is 24.9 Å². The number of hydrogen-bond donors (Lipinski definition) is 0. The van der Waals surface area contributed by atoms with Gasteiger partial charge in [0.05, 0.1) is 0 Å².